The molecule has 18 heavy (non-hydrogen) atoms. The lowest BCUT2D eigenvalue weighted by Gasteiger charge is -2.28. The zero-order valence-electron chi connectivity index (χ0n) is 10.9. The summed E-state index contributed by atoms with van der Waals surface area (Å²) in [5.74, 6) is -2.08. The van der Waals surface area contributed by atoms with Gasteiger partial charge >= 0.3 is 11.9 Å². The molecule has 6 nitrogen and oxygen atoms in total. The van der Waals surface area contributed by atoms with Gasteiger partial charge < -0.3 is 15.2 Å². The lowest BCUT2D eigenvalue weighted by molar-refractivity contribution is -0.153. The molecule has 1 saturated heterocycles. The molecule has 1 amide bonds. The van der Waals surface area contributed by atoms with Gasteiger partial charge in [-0.1, -0.05) is 13.8 Å². The molecule has 2 N–H and O–H groups in total. The third-order valence-corrected chi connectivity index (χ3v) is 3.56. The summed E-state index contributed by atoms with van der Waals surface area (Å²) in [5.41, 5.74) is -1.13. The van der Waals surface area contributed by atoms with E-state index in [4.69, 9.17) is 4.74 Å². The highest BCUT2D eigenvalue weighted by atomic mass is 16.5. The average Bonchev–Trinajstić information content (AvgIpc) is 2.63. The Morgan fingerprint density at radius 1 is 1.56 bits per heavy atom. The van der Waals surface area contributed by atoms with Crippen LogP contribution in [0.5, 0.6) is 0 Å². The minimum absolute atomic E-state index is 0.149. The summed E-state index contributed by atoms with van der Waals surface area (Å²) >= 11 is 0. The highest BCUT2D eigenvalue weighted by molar-refractivity contribution is 5.88. The number of cyclic esters (lactones) is 1. The van der Waals surface area contributed by atoms with E-state index in [-0.39, 0.29) is 12.3 Å². The number of nitrogens with one attached hydrogen (secondary N) is 1. The number of carboxylic acid groups (broad SMARTS) is 1. The molecule has 0 bridgehead atoms. The number of amides is 1. The Bertz CT molecular complexity index is 365. The van der Waals surface area contributed by atoms with Gasteiger partial charge in [-0.25, -0.2) is 4.79 Å². The van der Waals surface area contributed by atoms with Crippen LogP contribution in [0.1, 0.15) is 33.6 Å². The maximum absolute atomic E-state index is 11.8. The summed E-state index contributed by atoms with van der Waals surface area (Å²) in [6.45, 7) is 5.34. The lowest BCUT2D eigenvalue weighted by Crippen LogP contribution is -2.43. The van der Waals surface area contributed by atoms with Crippen LogP contribution in [-0.2, 0) is 19.1 Å². The second-order valence-electron chi connectivity index (χ2n) is 5.13. The van der Waals surface area contributed by atoms with E-state index in [9.17, 15) is 19.5 Å². The molecule has 1 rings (SSSR count). The Morgan fingerprint density at radius 2 is 2.17 bits per heavy atom. The van der Waals surface area contributed by atoms with Gasteiger partial charge in [0.15, 0.2) is 0 Å². The van der Waals surface area contributed by atoms with Crippen molar-refractivity contribution in [3.05, 3.63) is 0 Å². The van der Waals surface area contributed by atoms with Crippen LogP contribution in [0.15, 0.2) is 0 Å². The van der Waals surface area contributed by atoms with Crippen molar-refractivity contribution in [1.29, 1.82) is 0 Å². The van der Waals surface area contributed by atoms with E-state index < -0.39 is 29.3 Å². The fourth-order valence-electron chi connectivity index (χ4n) is 1.73. The van der Waals surface area contributed by atoms with Crippen molar-refractivity contribution in [2.24, 2.45) is 11.3 Å². The number of carbonyl (C=O) groups excluding carboxylic acids is 2. The normalized spacial score (nSPS) is 22.4. The number of hydrogen-bond donors (Lipinski definition) is 2. The zero-order valence-corrected chi connectivity index (χ0v) is 10.9. The predicted octanol–water partition coefficient (Wildman–Crippen LogP) is 0.555. The molecule has 2 atom stereocenters. The Balaban J connectivity index is 2.62. The first-order chi connectivity index (χ1) is 8.27. The first kappa shape index (κ1) is 14.5. The number of esters is 1. The van der Waals surface area contributed by atoms with Gasteiger partial charge in [0.25, 0.3) is 0 Å². The van der Waals surface area contributed by atoms with Crippen molar-refractivity contribution in [3.8, 4) is 0 Å². The molecule has 1 fully saturated rings. The molecule has 2 unspecified atom stereocenters. The monoisotopic (exact) mass is 257 g/mol. The molecule has 1 aliphatic rings. The van der Waals surface area contributed by atoms with Crippen LogP contribution in [-0.4, -0.2) is 35.6 Å². The van der Waals surface area contributed by atoms with Gasteiger partial charge in [-0.15, -0.1) is 0 Å². The number of carbonyl (C=O) groups is 3. The average molecular weight is 257 g/mol. The predicted molar refractivity (Wildman–Crippen MR) is 62.7 cm³/mol. The Kier molecular flexibility index (Phi) is 4.32. The van der Waals surface area contributed by atoms with Crippen LogP contribution in [0.2, 0.25) is 0 Å². The van der Waals surface area contributed by atoms with Crippen molar-refractivity contribution < 1.29 is 24.2 Å². The van der Waals surface area contributed by atoms with Gasteiger partial charge in [0.2, 0.25) is 5.91 Å². The fourth-order valence-corrected chi connectivity index (χ4v) is 1.73. The third kappa shape index (κ3) is 3.00. The Morgan fingerprint density at radius 3 is 2.56 bits per heavy atom. The summed E-state index contributed by atoms with van der Waals surface area (Å²) in [5, 5.41) is 11.7. The molecule has 1 heterocycles. The summed E-state index contributed by atoms with van der Waals surface area (Å²) < 4.78 is 4.72. The maximum atomic E-state index is 11.8. The topological polar surface area (TPSA) is 92.7 Å². The fraction of sp³-hybridized carbons (Fsp3) is 0.750. The number of hydrogen-bond acceptors (Lipinski definition) is 4. The van der Waals surface area contributed by atoms with E-state index in [2.05, 4.69) is 5.32 Å². The first-order valence-electron chi connectivity index (χ1n) is 5.96. The summed E-state index contributed by atoms with van der Waals surface area (Å²) in [7, 11) is 0. The van der Waals surface area contributed by atoms with E-state index in [0.29, 0.717) is 13.0 Å². The third-order valence-electron chi connectivity index (χ3n) is 3.56. The van der Waals surface area contributed by atoms with Gasteiger partial charge in [0.1, 0.15) is 6.04 Å². The number of rotatable bonds is 5. The molecular formula is C12H19NO5. The van der Waals surface area contributed by atoms with Crippen LogP contribution >= 0.6 is 0 Å². The van der Waals surface area contributed by atoms with Gasteiger partial charge in [0.05, 0.1) is 12.0 Å². The van der Waals surface area contributed by atoms with Gasteiger partial charge in [-0.3, -0.25) is 9.59 Å². The molecule has 0 saturated carbocycles. The molecule has 0 aromatic rings. The molecule has 1 aliphatic heterocycles. The lowest BCUT2D eigenvalue weighted by atomic mass is 9.76. The van der Waals surface area contributed by atoms with Gasteiger partial charge in [-0.05, 0) is 12.8 Å². The molecule has 0 aromatic heterocycles. The quantitative estimate of drug-likeness (QED) is 0.702. The van der Waals surface area contributed by atoms with E-state index >= 15 is 0 Å². The highest BCUT2D eigenvalue weighted by Crippen LogP contribution is 2.31. The number of aliphatic carboxylic acids is 1. The van der Waals surface area contributed by atoms with Gasteiger partial charge in [0, 0.05) is 12.8 Å². The van der Waals surface area contributed by atoms with Crippen molar-refractivity contribution in [2.45, 2.75) is 39.7 Å². The molecule has 6 heteroatoms. The van der Waals surface area contributed by atoms with Crippen LogP contribution < -0.4 is 5.32 Å². The van der Waals surface area contributed by atoms with Crippen molar-refractivity contribution in [3.63, 3.8) is 0 Å². The molecule has 0 aromatic carbocycles. The zero-order chi connectivity index (χ0) is 13.9. The van der Waals surface area contributed by atoms with Crippen LogP contribution in [0.25, 0.3) is 0 Å². The van der Waals surface area contributed by atoms with Crippen LogP contribution in [0.3, 0.4) is 0 Å². The number of ether oxygens (including phenoxy) is 1. The van der Waals surface area contributed by atoms with E-state index in [0.717, 1.165) is 0 Å². The minimum Gasteiger partial charge on any atom is -0.481 e. The van der Waals surface area contributed by atoms with Crippen molar-refractivity contribution >= 4 is 17.8 Å². The van der Waals surface area contributed by atoms with Crippen molar-refractivity contribution in [2.75, 3.05) is 6.61 Å². The SMILES string of the molecule is CC(C)C(C)(CC(=O)NC1CCOC1=O)C(=O)O. The van der Waals surface area contributed by atoms with Crippen LogP contribution in [0, 0.1) is 11.3 Å². The Hall–Kier alpha value is -1.59. The maximum Gasteiger partial charge on any atom is 0.328 e. The summed E-state index contributed by atoms with van der Waals surface area (Å²) in [6, 6.07) is -0.636. The summed E-state index contributed by atoms with van der Waals surface area (Å²) in [6.07, 6.45) is 0.291. The Labute approximate surface area is 106 Å². The number of carboxylic acids is 1. The van der Waals surface area contributed by atoms with E-state index in [1.165, 1.54) is 6.92 Å². The van der Waals surface area contributed by atoms with Gasteiger partial charge in [-0.2, -0.15) is 0 Å². The standard InChI is InChI=1S/C12H19NO5/c1-7(2)12(3,11(16)17)6-9(14)13-8-4-5-18-10(8)15/h7-8H,4-6H2,1-3H3,(H,13,14)(H,16,17). The molecule has 102 valence electrons. The molecule has 0 radical (unpaired) electrons. The van der Waals surface area contributed by atoms with E-state index in [1.807, 2.05) is 0 Å². The second kappa shape index (κ2) is 5.37. The second-order valence-corrected chi connectivity index (χ2v) is 5.13. The van der Waals surface area contributed by atoms with Crippen molar-refractivity contribution in [1.82, 2.24) is 5.32 Å². The molecule has 0 aliphatic carbocycles. The largest absolute Gasteiger partial charge is 0.481 e. The molecular weight excluding hydrogens is 238 g/mol. The molecule has 0 spiro atoms. The first-order valence-corrected chi connectivity index (χ1v) is 5.96. The minimum atomic E-state index is -1.13. The van der Waals surface area contributed by atoms with Crippen LogP contribution in [0.4, 0.5) is 0 Å². The summed E-state index contributed by atoms with van der Waals surface area (Å²) in [4.78, 5) is 34.2. The smallest absolute Gasteiger partial charge is 0.328 e. The van der Waals surface area contributed by atoms with E-state index in [1.54, 1.807) is 13.8 Å². The highest BCUT2D eigenvalue weighted by Gasteiger charge is 2.40.